The SMILES string of the molecule is CCc1nnc(N[C@H](CO)C(C)C)c(CN)c1CC. The number of anilines is 1. The van der Waals surface area contributed by atoms with Crippen LogP contribution in [0.1, 0.15) is 44.5 Å². The van der Waals surface area contributed by atoms with Crippen LogP contribution in [0.2, 0.25) is 0 Å². The molecule has 0 aliphatic heterocycles. The van der Waals surface area contributed by atoms with Crippen LogP contribution in [0.25, 0.3) is 0 Å². The molecule has 1 aromatic rings. The van der Waals surface area contributed by atoms with Gasteiger partial charge in [0, 0.05) is 12.1 Å². The molecule has 108 valence electrons. The smallest absolute Gasteiger partial charge is 0.153 e. The van der Waals surface area contributed by atoms with E-state index in [0.29, 0.717) is 18.3 Å². The Balaban J connectivity index is 3.14. The second-order valence-electron chi connectivity index (χ2n) is 5.04. The summed E-state index contributed by atoms with van der Waals surface area (Å²) < 4.78 is 0. The number of rotatable bonds is 7. The number of hydrogen-bond donors (Lipinski definition) is 3. The third kappa shape index (κ3) is 3.64. The normalized spacial score (nSPS) is 12.8. The molecule has 0 aliphatic rings. The number of aromatic nitrogens is 2. The molecule has 1 aromatic heterocycles. The van der Waals surface area contributed by atoms with Gasteiger partial charge in [-0.15, -0.1) is 5.10 Å². The van der Waals surface area contributed by atoms with Gasteiger partial charge in [0.1, 0.15) is 0 Å². The van der Waals surface area contributed by atoms with Gasteiger partial charge in [-0.25, -0.2) is 0 Å². The van der Waals surface area contributed by atoms with Gasteiger partial charge >= 0.3 is 0 Å². The summed E-state index contributed by atoms with van der Waals surface area (Å²) in [4.78, 5) is 0. The molecule has 0 spiro atoms. The fourth-order valence-corrected chi connectivity index (χ4v) is 2.18. The van der Waals surface area contributed by atoms with Gasteiger partial charge in [-0.3, -0.25) is 0 Å². The molecule has 0 radical (unpaired) electrons. The van der Waals surface area contributed by atoms with Gasteiger partial charge in [0.15, 0.2) is 5.82 Å². The number of hydrogen-bond acceptors (Lipinski definition) is 5. The Morgan fingerprint density at radius 1 is 1.16 bits per heavy atom. The maximum atomic E-state index is 9.41. The third-order valence-electron chi connectivity index (χ3n) is 3.49. The van der Waals surface area contributed by atoms with E-state index < -0.39 is 0 Å². The molecule has 5 nitrogen and oxygen atoms in total. The Hall–Kier alpha value is -1.20. The van der Waals surface area contributed by atoms with Crippen molar-refractivity contribution in [1.82, 2.24) is 10.2 Å². The van der Waals surface area contributed by atoms with Crippen LogP contribution in [-0.4, -0.2) is 28.0 Å². The summed E-state index contributed by atoms with van der Waals surface area (Å²) in [7, 11) is 0. The van der Waals surface area contributed by atoms with E-state index in [0.717, 1.165) is 24.1 Å². The molecular weight excluding hydrogens is 240 g/mol. The van der Waals surface area contributed by atoms with E-state index in [1.54, 1.807) is 0 Å². The maximum absolute atomic E-state index is 9.41. The lowest BCUT2D eigenvalue weighted by Crippen LogP contribution is -2.31. The molecule has 4 N–H and O–H groups in total. The van der Waals surface area contributed by atoms with Crippen LogP contribution in [-0.2, 0) is 19.4 Å². The topological polar surface area (TPSA) is 84.1 Å². The van der Waals surface area contributed by atoms with Crippen LogP contribution >= 0.6 is 0 Å². The minimum atomic E-state index is -0.0308. The van der Waals surface area contributed by atoms with Crippen molar-refractivity contribution in [3.63, 3.8) is 0 Å². The van der Waals surface area contributed by atoms with Crippen LogP contribution in [0.4, 0.5) is 5.82 Å². The molecule has 0 unspecified atom stereocenters. The molecule has 5 heteroatoms. The van der Waals surface area contributed by atoms with Crippen molar-refractivity contribution >= 4 is 5.82 Å². The number of aliphatic hydroxyl groups is 1. The van der Waals surface area contributed by atoms with E-state index >= 15 is 0 Å². The Kier molecular flexibility index (Phi) is 6.18. The zero-order chi connectivity index (χ0) is 14.4. The van der Waals surface area contributed by atoms with Crippen LogP contribution in [0.5, 0.6) is 0 Å². The molecule has 0 fully saturated rings. The van der Waals surface area contributed by atoms with Gasteiger partial charge in [-0.2, -0.15) is 5.10 Å². The third-order valence-corrected chi connectivity index (χ3v) is 3.49. The summed E-state index contributed by atoms with van der Waals surface area (Å²) in [6, 6.07) is -0.0308. The zero-order valence-corrected chi connectivity index (χ0v) is 12.4. The van der Waals surface area contributed by atoms with Crippen molar-refractivity contribution in [2.45, 2.75) is 53.1 Å². The zero-order valence-electron chi connectivity index (χ0n) is 12.4. The fourth-order valence-electron chi connectivity index (χ4n) is 2.18. The Labute approximate surface area is 115 Å². The predicted molar refractivity (Wildman–Crippen MR) is 78.0 cm³/mol. The second-order valence-corrected chi connectivity index (χ2v) is 5.04. The number of nitrogens with zero attached hydrogens (tertiary/aromatic N) is 2. The van der Waals surface area contributed by atoms with Crippen molar-refractivity contribution in [1.29, 1.82) is 0 Å². The minimum absolute atomic E-state index is 0.0308. The number of nitrogens with two attached hydrogens (primary N) is 1. The van der Waals surface area contributed by atoms with Crippen LogP contribution in [0.3, 0.4) is 0 Å². The van der Waals surface area contributed by atoms with Gasteiger partial charge in [0.2, 0.25) is 0 Å². The highest BCUT2D eigenvalue weighted by Gasteiger charge is 2.18. The molecule has 0 saturated heterocycles. The van der Waals surface area contributed by atoms with Gasteiger partial charge in [0.05, 0.1) is 18.3 Å². The van der Waals surface area contributed by atoms with Crippen molar-refractivity contribution < 1.29 is 5.11 Å². The van der Waals surface area contributed by atoms with Crippen LogP contribution in [0.15, 0.2) is 0 Å². The van der Waals surface area contributed by atoms with Crippen molar-refractivity contribution in [3.8, 4) is 0 Å². The van der Waals surface area contributed by atoms with Gasteiger partial charge in [0.25, 0.3) is 0 Å². The lowest BCUT2D eigenvalue weighted by atomic mass is 10.0. The van der Waals surface area contributed by atoms with E-state index in [1.165, 1.54) is 5.56 Å². The summed E-state index contributed by atoms with van der Waals surface area (Å²) in [5, 5.41) is 21.2. The highest BCUT2D eigenvalue weighted by molar-refractivity contribution is 5.49. The van der Waals surface area contributed by atoms with E-state index in [2.05, 4.69) is 43.2 Å². The molecule has 1 rings (SSSR count). The van der Waals surface area contributed by atoms with Crippen molar-refractivity contribution in [2.75, 3.05) is 11.9 Å². The van der Waals surface area contributed by atoms with Crippen molar-refractivity contribution in [2.24, 2.45) is 11.7 Å². The van der Waals surface area contributed by atoms with Gasteiger partial charge in [-0.1, -0.05) is 27.7 Å². The van der Waals surface area contributed by atoms with Gasteiger partial charge < -0.3 is 16.2 Å². The lowest BCUT2D eigenvalue weighted by molar-refractivity contribution is 0.249. The molecule has 0 bridgehead atoms. The van der Waals surface area contributed by atoms with E-state index in [1.807, 2.05) is 0 Å². The first kappa shape index (κ1) is 15.9. The number of nitrogens with one attached hydrogen (secondary N) is 1. The standard InChI is InChI=1S/C14H26N4O/c1-5-10-11(7-15)14(18-17-12(10)6-2)16-13(8-19)9(3)4/h9,13,19H,5-8,15H2,1-4H3,(H,16,18)/t13-/m1/s1. The van der Waals surface area contributed by atoms with Gasteiger partial charge in [-0.05, 0) is 24.3 Å². The largest absolute Gasteiger partial charge is 0.394 e. The summed E-state index contributed by atoms with van der Waals surface area (Å²) in [6.45, 7) is 8.80. The maximum Gasteiger partial charge on any atom is 0.153 e. The number of aryl methyl sites for hydroxylation is 1. The first-order valence-electron chi connectivity index (χ1n) is 7.03. The molecule has 19 heavy (non-hydrogen) atoms. The van der Waals surface area contributed by atoms with E-state index in [9.17, 15) is 5.11 Å². The van der Waals surface area contributed by atoms with E-state index in [-0.39, 0.29) is 12.6 Å². The fraction of sp³-hybridized carbons (Fsp3) is 0.714. The Morgan fingerprint density at radius 2 is 1.84 bits per heavy atom. The van der Waals surface area contributed by atoms with Crippen molar-refractivity contribution in [3.05, 3.63) is 16.8 Å². The molecular formula is C14H26N4O. The quantitative estimate of drug-likeness (QED) is 0.696. The summed E-state index contributed by atoms with van der Waals surface area (Å²) in [5.74, 6) is 1.03. The molecule has 1 heterocycles. The average molecular weight is 266 g/mol. The Morgan fingerprint density at radius 3 is 2.26 bits per heavy atom. The summed E-state index contributed by atoms with van der Waals surface area (Å²) in [6.07, 6.45) is 1.75. The monoisotopic (exact) mass is 266 g/mol. The summed E-state index contributed by atoms with van der Waals surface area (Å²) >= 11 is 0. The average Bonchev–Trinajstić information content (AvgIpc) is 2.42. The molecule has 0 amide bonds. The Bertz CT molecular complexity index is 407. The first-order chi connectivity index (χ1) is 9.08. The first-order valence-corrected chi connectivity index (χ1v) is 7.03. The molecule has 0 aliphatic carbocycles. The lowest BCUT2D eigenvalue weighted by Gasteiger charge is -2.23. The molecule has 1 atom stereocenters. The highest BCUT2D eigenvalue weighted by Crippen LogP contribution is 2.22. The second kappa shape index (κ2) is 7.40. The molecule has 0 saturated carbocycles. The number of aliphatic hydroxyl groups excluding tert-OH is 1. The van der Waals surface area contributed by atoms with Crippen LogP contribution < -0.4 is 11.1 Å². The summed E-state index contributed by atoms with van der Waals surface area (Å²) in [5.41, 5.74) is 9.09. The van der Waals surface area contributed by atoms with E-state index in [4.69, 9.17) is 5.73 Å². The molecule has 0 aromatic carbocycles. The highest BCUT2D eigenvalue weighted by atomic mass is 16.3. The predicted octanol–water partition coefficient (Wildman–Crippen LogP) is 1.49. The minimum Gasteiger partial charge on any atom is -0.394 e. The van der Waals surface area contributed by atoms with Crippen LogP contribution in [0, 0.1) is 5.92 Å².